The molecule has 0 radical (unpaired) electrons. The van der Waals surface area contributed by atoms with Gasteiger partial charge < -0.3 is 4.74 Å². The van der Waals surface area contributed by atoms with Crippen LogP contribution >= 0.6 is 11.6 Å². The van der Waals surface area contributed by atoms with Crippen LogP contribution in [0.4, 0.5) is 0 Å². The quantitative estimate of drug-likeness (QED) is 0.494. The van der Waals surface area contributed by atoms with Crippen LogP contribution in [0.25, 0.3) is 16.9 Å². The standard InChI is InChI=1S/C23H28ClN3O2/c1-5-15(6-2)19-12-14(4)27-21(19)23(28)26(16-8-9-16)22(25-27)18-11-10-17(29-7-3)13-20(18)24/h10-13,15-16H,5-9H2,1-4H3. The van der Waals surface area contributed by atoms with Crippen molar-refractivity contribution in [1.82, 2.24) is 14.2 Å². The maximum Gasteiger partial charge on any atom is 0.278 e. The Balaban J connectivity index is 1.98. The number of rotatable bonds is 7. The molecule has 1 fully saturated rings. The molecule has 0 N–H and O–H groups in total. The molecule has 2 heterocycles. The molecule has 0 spiro atoms. The Hall–Kier alpha value is -2.27. The van der Waals surface area contributed by atoms with Crippen LogP contribution in [-0.2, 0) is 0 Å². The molecular formula is C23H28ClN3O2. The number of halogens is 1. The molecule has 2 aromatic heterocycles. The zero-order valence-corrected chi connectivity index (χ0v) is 18.3. The van der Waals surface area contributed by atoms with Crippen LogP contribution in [-0.4, -0.2) is 20.8 Å². The lowest BCUT2D eigenvalue weighted by atomic mass is 9.95. The highest BCUT2D eigenvalue weighted by atomic mass is 35.5. The van der Waals surface area contributed by atoms with Gasteiger partial charge in [-0.15, -0.1) is 5.10 Å². The maximum atomic E-state index is 13.7. The lowest BCUT2D eigenvalue weighted by Crippen LogP contribution is -2.26. The van der Waals surface area contributed by atoms with E-state index in [1.54, 1.807) is 6.07 Å². The van der Waals surface area contributed by atoms with E-state index in [1.165, 1.54) is 0 Å². The molecule has 0 unspecified atom stereocenters. The van der Waals surface area contributed by atoms with E-state index in [0.29, 0.717) is 28.9 Å². The first-order valence-electron chi connectivity index (χ1n) is 10.6. The Morgan fingerprint density at radius 3 is 2.52 bits per heavy atom. The molecule has 154 valence electrons. The van der Waals surface area contributed by atoms with Crippen LogP contribution in [0.5, 0.6) is 5.75 Å². The average Bonchev–Trinajstić information content (AvgIpc) is 3.47. The second kappa shape index (κ2) is 7.86. The molecule has 1 saturated carbocycles. The van der Waals surface area contributed by atoms with Gasteiger partial charge in [0.2, 0.25) is 0 Å². The molecule has 0 amide bonds. The van der Waals surface area contributed by atoms with E-state index >= 15 is 0 Å². The molecule has 6 heteroatoms. The summed E-state index contributed by atoms with van der Waals surface area (Å²) in [6.45, 7) is 8.88. The van der Waals surface area contributed by atoms with Crippen LogP contribution in [0.1, 0.15) is 69.7 Å². The van der Waals surface area contributed by atoms with Crippen molar-refractivity contribution in [1.29, 1.82) is 0 Å². The summed E-state index contributed by atoms with van der Waals surface area (Å²) in [6, 6.07) is 7.91. The van der Waals surface area contributed by atoms with Gasteiger partial charge in [0.25, 0.3) is 5.56 Å². The minimum Gasteiger partial charge on any atom is -0.494 e. The topological polar surface area (TPSA) is 48.5 Å². The fraction of sp³-hybridized carbons (Fsp3) is 0.478. The van der Waals surface area contributed by atoms with Gasteiger partial charge in [-0.2, -0.15) is 0 Å². The summed E-state index contributed by atoms with van der Waals surface area (Å²) in [5.74, 6) is 1.71. The minimum atomic E-state index is 0.0393. The van der Waals surface area contributed by atoms with Gasteiger partial charge in [-0.1, -0.05) is 25.4 Å². The third-order valence-corrected chi connectivity index (χ3v) is 6.17. The molecule has 0 atom stereocenters. The maximum absolute atomic E-state index is 13.7. The number of hydrogen-bond donors (Lipinski definition) is 0. The van der Waals surface area contributed by atoms with Gasteiger partial charge in [0.1, 0.15) is 11.3 Å². The number of aryl methyl sites for hydroxylation is 1. The fourth-order valence-electron chi connectivity index (χ4n) is 4.18. The normalized spacial score (nSPS) is 14.1. The molecule has 0 aliphatic heterocycles. The summed E-state index contributed by atoms with van der Waals surface area (Å²) in [5, 5.41) is 5.47. The monoisotopic (exact) mass is 413 g/mol. The van der Waals surface area contributed by atoms with Gasteiger partial charge in [-0.05, 0) is 75.3 Å². The predicted molar refractivity (Wildman–Crippen MR) is 117 cm³/mol. The first-order valence-corrected chi connectivity index (χ1v) is 10.9. The molecule has 3 aromatic rings. The highest BCUT2D eigenvalue weighted by molar-refractivity contribution is 6.33. The lowest BCUT2D eigenvalue weighted by Gasteiger charge is -2.16. The van der Waals surface area contributed by atoms with Crippen molar-refractivity contribution in [3.63, 3.8) is 0 Å². The summed E-state index contributed by atoms with van der Waals surface area (Å²) < 4.78 is 9.24. The van der Waals surface area contributed by atoms with Gasteiger partial charge >= 0.3 is 0 Å². The van der Waals surface area contributed by atoms with Crippen molar-refractivity contribution in [3.05, 3.63) is 50.9 Å². The van der Waals surface area contributed by atoms with E-state index in [0.717, 1.165) is 48.3 Å². The molecule has 4 rings (SSSR count). The van der Waals surface area contributed by atoms with Crippen molar-refractivity contribution in [2.45, 2.75) is 65.3 Å². The molecule has 1 aliphatic rings. The first kappa shape index (κ1) is 20.0. The summed E-state index contributed by atoms with van der Waals surface area (Å²) in [6.07, 6.45) is 4.01. The largest absolute Gasteiger partial charge is 0.494 e. The molecule has 5 nitrogen and oxygen atoms in total. The fourth-order valence-corrected chi connectivity index (χ4v) is 4.43. The van der Waals surface area contributed by atoms with E-state index in [-0.39, 0.29) is 11.6 Å². The highest BCUT2D eigenvalue weighted by Gasteiger charge is 2.31. The number of benzene rings is 1. The zero-order chi connectivity index (χ0) is 20.7. The second-order valence-corrected chi connectivity index (χ2v) is 8.23. The van der Waals surface area contributed by atoms with Gasteiger partial charge in [0.15, 0.2) is 5.82 Å². The lowest BCUT2D eigenvalue weighted by molar-refractivity contribution is 0.340. The second-order valence-electron chi connectivity index (χ2n) is 7.82. The number of nitrogens with zero attached hydrogens (tertiary/aromatic N) is 3. The van der Waals surface area contributed by atoms with Gasteiger partial charge in [0.05, 0.1) is 11.6 Å². The SMILES string of the molecule is CCOc1ccc(-c2nn3c(C)cc(C(CC)CC)c3c(=O)n2C2CC2)c(Cl)c1. The number of hydrogen-bond acceptors (Lipinski definition) is 3. The summed E-state index contributed by atoms with van der Waals surface area (Å²) in [4.78, 5) is 13.7. The smallest absolute Gasteiger partial charge is 0.278 e. The first-order chi connectivity index (χ1) is 14.0. The van der Waals surface area contributed by atoms with Crippen molar-refractivity contribution >= 4 is 17.1 Å². The van der Waals surface area contributed by atoms with Crippen LogP contribution < -0.4 is 10.3 Å². The van der Waals surface area contributed by atoms with E-state index in [9.17, 15) is 4.79 Å². The summed E-state index contributed by atoms with van der Waals surface area (Å²) in [5.41, 5.74) is 3.61. The number of fused-ring (bicyclic) bond motifs is 1. The van der Waals surface area contributed by atoms with Crippen LogP contribution in [0.2, 0.25) is 5.02 Å². The molecular weight excluding hydrogens is 386 g/mol. The van der Waals surface area contributed by atoms with Gasteiger partial charge in [-0.25, -0.2) is 4.52 Å². The van der Waals surface area contributed by atoms with E-state index in [4.69, 9.17) is 21.4 Å². The minimum absolute atomic E-state index is 0.0393. The predicted octanol–water partition coefficient (Wildman–Crippen LogP) is 5.76. The molecule has 0 saturated heterocycles. The van der Waals surface area contributed by atoms with Crippen molar-refractivity contribution in [2.75, 3.05) is 6.61 Å². The van der Waals surface area contributed by atoms with Gasteiger partial charge in [0, 0.05) is 17.3 Å². The Morgan fingerprint density at radius 2 is 1.93 bits per heavy atom. The van der Waals surface area contributed by atoms with E-state index in [2.05, 4.69) is 19.9 Å². The molecule has 1 aliphatic carbocycles. The van der Waals surface area contributed by atoms with Crippen molar-refractivity contribution in [2.24, 2.45) is 0 Å². The highest BCUT2D eigenvalue weighted by Crippen LogP contribution is 2.39. The van der Waals surface area contributed by atoms with Crippen LogP contribution in [0, 0.1) is 6.92 Å². The van der Waals surface area contributed by atoms with Crippen LogP contribution in [0.3, 0.4) is 0 Å². The average molecular weight is 414 g/mol. The Morgan fingerprint density at radius 1 is 1.21 bits per heavy atom. The van der Waals surface area contributed by atoms with Crippen molar-refractivity contribution in [3.8, 4) is 17.1 Å². The van der Waals surface area contributed by atoms with Crippen LogP contribution in [0.15, 0.2) is 29.1 Å². The number of aromatic nitrogens is 3. The van der Waals surface area contributed by atoms with Crippen molar-refractivity contribution < 1.29 is 4.74 Å². The zero-order valence-electron chi connectivity index (χ0n) is 17.5. The van der Waals surface area contributed by atoms with E-state index < -0.39 is 0 Å². The molecule has 29 heavy (non-hydrogen) atoms. The molecule has 0 bridgehead atoms. The Kier molecular flexibility index (Phi) is 5.43. The summed E-state index contributed by atoms with van der Waals surface area (Å²) in [7, 11) is 0. The molecule has 1 aromatic carbocycles. The summed E-state index contributed by atoms with van der Waals surface area (Å²) >= 11 is 6.60. The van der Waals surface area contributed by atoms with E-state index in [1.807, 2.05) is 35.1 Å². The van der Waals surface area contributed by atoms with Gasteiger partial charge in [-0.3, -0.25) is 9.36 Å². The Labute approximate surface area is 176 Å². The number of ether oxygens (including phenoxy) is 1. The third kappa shape index (κ3) is 3.46. The third-order valence-electron chi connectivity index (χ3n) is 5.86. The Bertz CT molecular complexity index is 1110.